The summed E-state index contributed by atoms with van der Waals surface area (Å²) in [4.78, 5) is 23.7. The lowest BCUT2D eigenvalue weighted by Crippen LogP contribution is -2.20. The summed E-state index contributed by atoms with van der Waals surface area (Å²) in [6, 6.07) is 10.9. The minimum absolute atomic E-state index is 0.0809. The van der Waals surface area contributed by atoms with Crippen LogP contribution in [0.4, 0.5) is 17.1 Å². The molecule has 0 radical (unpaired) electrons. The standard InChI is InChI=1S/C20H18N4O5S/c1-12-17(11-21-29-12)20(26)22-14-3-5-15(6-4-14)24-30(27,28)16-7-8-18-13(10-16)2-9-19(25)23-18/h3-8,10-11,24H,2,9H2,1H3,(H,22,26)(H,23,25). The number of anilines is 3. The number of carbonyl (C=O) groups excluding carboxylic acids is 2. The second-order valence-corrected chi connectivity index (χ2v) is 8.48. The Balaban J connectivity index is 1.47. The number of sulfonamides is 1. The average molecular weight is 426 g/mol. The molecule has 1 aliphatic heterocycles. The second-order valence-electron chi connectivity index (χ2n) is 6.80. The van der Waals surface area contributed by atoms with E-state index in [9.17, 15) is 18.0 Å². The van der Waals surface area contributed by atoms with E-state index < -0.39 is 10.0 Å². The van der Waals surface area contributed by atoms with Gasteiger partial charge in [-0.05, 0) is 61.4 Å². The number of amides is 2. The molecule has 2 amide bonds. The molecule has 0 aliphatic carbocycles. The van der Waals surface area contributed by atoms with Crippen LogP contribution in [0.1, 0.15) is 28.1 Å². The zero-order valence-electron chi connectivity index (χ0n) is 15.9. The quantitative estimate of drug-likeness (QED) is 0.575. The van der Waals surface area contributed by atoms with Crippen LogP contribution >= 0.6 is 0 Å². The van der Waals surface area contributed by atoms with E-state index in [0.29, 0.717) is 41.2 Å². The van der Waals surface area contributed by atoms with E-state index in [1.54, 1.807) is 43.3 Å². The van der Waals surface area contributed by atoms with Crippen LogP contribution in [0.5, 0.6) is 0 Å². The van der Waals surface area contributed by atoms with E-state index in [0.717, 1.165) is 5.56 Å². The van der Waals surface area contributed by atoms with E-state index >= 15 is 0 Å². The molecular weight excluding hydrogens is 408 g/mol. The third-order valence-electron chi connectivity index (χ3n) is 4.67. The first kappa shape index (κ1) is 19.6. The van der Waals surface area contributed by atoms with Crippen LogP contribution < -0.4 is 15.4 Å². The van der Waals surface area contributed by atoms with E-state index in [4.69, 9.17) is 4.52 Å². The van der Waals surface area contributed by atoms with Gasteiger partial charge in [-0.2, -0.15) is 0 Å². The fourth-order valence-electron chi connectivity index (χ4n) is 3.08. The van der Waals surface area contributed by atoms with E-state index in [1.165, 1.54) is 12.3 Å². The minimum Gasteiger partial charge on any atom is -0.361 e. The molecule has 0 bridgehead atoms. The lowest BCUT2D eigenvalue weighted by Gasteiger charge is -2.18. The summed E-state index contributed by atoms with van der Waals surface area (Å²) >= 11 is 0. The highest BCUT2D eigenvalue weighted by Crippen LogP contribution is 2.27. The molecule has 0 atom stereocenters. The van der Waals surface area contributed by atoms with Gasteiger partial charge in [0.05, 0.1) is 11.1 Å². The predicted octanol–water partition coefficient (Wildman–Crippen LogP) is 2.92. The number of aromatic nitrogens is 1. The molecule has 30 heavy (non-hydrogen) atoms. The summed E-state index contributed by atoms with van der Waals surface area (Å²) in [5.74, 6) is -0.0488. The molecule has 0 saturated heterocycles. The summed E-state index contributed by atoms with van der Waals surface area (Å²) in [5, 5.41) is 8.98. The predicted molar refractivity (Wildman–Crippen MR) is 110 cm³/mol. The second kappa shape index (κ2) is 7.64. The fourth-order valence-corrected chi connectivity index (χ4v) is 4.19. The van der Waals surface area contributed by atoms with Crippen molar-refractivity contribution in [3.63, 3.8) is 0 Å². The van der Waals surface area contributed by atoms with E-state index in [2.05, 4.69) is 20.5 Å². The van der Waals surface area contributed by atoms with Gasteiger partial charge in [-0.25, -0.2) is 8.42 Å². The Morgan fingerprint density at radius 2 is 1.83 bits per heavy atom. The summed E-state index contributed by atoms with van der Waals surface area (Å²) in [5.41, 5.74) is 2.57. The van der Waals surface area contributed by atoms with Crippen LogP contribution in [0, 0.1) is 6.92 Å². The molecule has 0 saturated carbocycles. The summed E-state index contributed by atoms with van der Waals surface area (Å²) in [6.07, 6.45) is 2.15. The topological polar surface area (TPSA) is 130 Å². The van der Waals surface area contributed by atoms with Gasteiger partial charge in [0, 0.05) is 23.5 Å². The molecule has 9 nitrogen and oxygen atoms in total. The first-order valence-corrected chi connectivity index (χ1v) is 10.6. The molecule has 154 valence electrons. The van der Waals surface area contributed by atoms with Gasteiger partial charge in [0.15, 0.2) is 0 Å². The zero-order chi connectivity index (χ0) is 21.3. The lowest BCUT2D eigenvalue weighted by molar-refractivity contribution is -0.116. The first-order chi connectivity index (χ1) is 14.3. The van der Waals surface area contributed by atoms with Gasteiger partial charge < -0.3 is 15.2 Å². The zero-order valence-corrected chi connectivity index (χ0v) is 16.7. The first-order valence-electron chi connectivity index (χ1n) is 9.10. The summed E-state index contributed by atoms with van der Waals surface area (Å²) in [6.45, 7) is 1.63. The Kier molecular flexibility index (Phi) is 5.00. The molecule has 4 rings (SSSR count). The van der Waals surface area contributed by atoms with Gasteiger partial charge in [0.25, 0.3) is 15.9 Å². The lowest BCUT2D eigenvalue weighted by atomic mass is 10.0. The fraction of sp³-hybridized carbons (Fsp3) is 0.150. The Bertz CT molecular complexity index is 1230. The van der Waals surface area contributed by atoms with E-state index in [-0.39, 0.29) is 16.7 Å². The van der Waals surface area contributed by atoms with Gasteiger partial charge in [0.2, 0.25) is 5.91 Å². The van der Waals surface area contributed by atoms with Crippen molar-refractivity contribution >= 4 is 38.9 Å². The number of nitrogens with one attached hydrogen (secondary N) is 3. The third-order valence-corrected chi connectivity index (χ3v) is 6.05. The van der Waals surface area contributed by atoms with Crippen LogP contribution in [0.15, 0.2) is 58.1 Å². The number of fused-ring (bicyclic) bond motifs is 1. The molecule has 3 aromatic rings. The number of hydrogen-bond donors (Lipinski definition) is 3. The van der Waals surface area contributed by atoms with E-state index in [1.807, 2.05) is 0 Å². The highest BCUT2D eigenvalue weighted by atomic mass is 32.2. The number of aryl methyl sites for hydroxylation is 2. The molecular formula is C20H18N4O5S. The van der Waals surface area contributed by atoms with Crippen LogP contribution in [0.2, 0.25) is 0 Å². The van der Waals surface area contributed by atoms with Crippen molar-refractivity contribution in [1.82, 2.24) is 5.16 Å². The molecule has 1 aliphatic rings. The number of hydrogen-bond acceptors (Lipinski definition) is 6. The third kappa shape index (κ3) is 4.03. The summed E-state index contributed by atoms with van der Waals surface area (Å²) < 4.78 is 32.8. The van der Waals surface area contributed by atoms with Gasteiger partial charge in [-0.1, -0.05) is 5.16 Å². The van der Waals surface area contributed by atoms with Crippen molar-refractivity contribution < 1.29 is 22.5 Å². The van der Waals surface area contributed by atoms with Crippen molar-refractivity contribution in [2.45, 2.75) is 24.7 Å². The molecule has 10 heteroatoms. The minimum atomic E-state index is -3.81. The highest BCUT2D eigenvalue weighted by Gasteiger charge is 2.20. The molecule has 1 aromatic heterocycles. The molecule has 0 fully saturated rings. The number of carbonyl (C=O) groups is 2. The number of benzene rings is 2. The average Bonchev–Trinajstić information content (AvgIpc) is 3.15. The largest absolute Gasteiger partial charge is 0.361 e. The Morgan fingerprint density at radius 1 is 1.10 bits per heavy atom. The van der Waals surface area contributed by atoms with Gasteiger partial charge in [-0.3, -0.25) is 14.3 Å². The normalized spacial score (nSPS) is 13.3. The van der Waals surface area contributed by atoms with Crippen molar-refractivity contribution in [1.29, 1.82) is 0 Å². The monoisotopic (exact) mass is 426 g/mol. The Hall–Kier alpha value is -3.66. The Morgan fingerprint density at radius 3 is 2.53 bits per heavy atom. The molecule has 0 unspecified atom stereocenters. The molecule has 3 N–H and O–H groups in total. The van der Waals surface area contributed by atoms with Crippen molar-refractivity contribution in [3.05, 3.63) is 65.5 Å². The summed E-state index contributed by atoms with van der Waals surface area (Å²) in [7, 11) is -3.81. The maximum absolute atomic E-state index is 12.7. The molecule has 2 heterocycles. The smallest absolute Gasteiger partial charge is 0.261 e. The van der Waals surface area contributed by atoms with Crippen LogP contribution in [-0.4, -0.2) is 25.4 Å². The van der Waals surface area contributed by atoms with Crippen molar-refractivity contribution in [3.8, 4) is 0 Å². The number of rotatable bonds is 5. The maximum atomic E-state index is 12.7. The number of nitrogens with zero attached hydrogens (tertiary/aromatic N) is 1. The van der Waals surface area contributed by atoms with Crippen LogP contribution in [0.25, 0.3) is 0 Å². The van der Waals surface area contributed by atoms with Crippen LogP contribution in [0.3, 0.4) is 0 Å². The highest BCUT2D eigenvalue weighted by molar-refractivity contribution is 7.92. The van der Waals surface area contributed by atoms with Gasteiger partial charge >= 0.3 is 0 Å². The van der Waals surface area contributed by atoms with Crippen molar-refractivity contribution in [2.24, 2.45) is 0 Å². The van der Waals surface area contributed by atoms with Crippen LogP contribution in [-0.2, 0) is 21.2 Å². The maximum Gasteiger partial charge on any atom is 0.261 e. The van der Waals surface area contributed by atoms with Gasteiger partial charge in [-0.15, -0.1) is 0 Å². The Labute approximate surface area is 172 Å². The van der Waals surface area contributed by atoms with Crippen molar-refractivity contribution in [2.75, 3.05) is 15.4 Å². The molecule has 2 aromatic carbocycles. The molecule has 0 spiro atoms. The van der Waals surface area contributed by atoms with Gasteiger partial charge in [0.1, 0.15) is 11.3 Å². The SMILES string of the molecule is Cc1oncc1C(=O)Nc1ccc(NS(=O)(=O)c2ccc3c(c2)CCC(=O)N3)cc1.